The van der Waals surface area contributed by atoms with Crippen molar-refractivity contribution >= 4 is 5.69 Å². The summed E-state index contributed by atoms with van der Waals surface area (Å²) in [4.78, 5) is 17.7. The van der Waals surface area contributed by atoms with Crippen LogP contribution in [-0.2, 0) is 4.84 Å². The van der Waals surface area contributed by atoms with Crippen molar-refractivity contribution in [2.75, 3.05) is 5.06 Å². The van der Waals surface area contributed by atoms with Gasteiger partial charge in [-0.05, 0) is 29.8 Å². The van der Waals surface area contributed by atoms with E-state index in [4.69, 9.17) is 9.25 Å². The molecule has 1 aliphatic heterocycles. The Morgan fingerprint density at radius 1 is 0.920 bits per heavy atom. The Morgan fingerprint density at radius 3 is 2.20 bits per heavy atom. The van der Waals surface area contributed by atoms with Gasteiger partial charge in [-0.2, -0.15) is 0 Å². The van der Waals surface area contributed by atoms with Crippen LogP contribution in [0.5, 0.6) is 0 Å². The highest BCUT2D eigenvalue weighted by Crippen LogP contribution is 2.45. The minimum atomic E-state index is -0.992. The lowest BCUT2D eigenvalue weighted by Gasteiger charge is -2.22. The molecule has 0 N–H and O–H groups in total. The van der Waals surface area contributed by atoms with Crippen LogP contribution in [0.1, 0.15) is 23.5 Å². The number of rotatable bonds is 4. The number of anilines is 1. The predicted octanol–water partition coefficient (Wildman–Crippen LogP) is 4.16. The molecule has 0 saturated carbocycles. The number of para-hydroxylation sites is 1. The van der Waals surface area contributed by atoms with E-state index < -0.39 is 18.2 Å². The van der Waals surface area contributed by atoms with Gasteiger partial charge in [0.05, 0.1) is 12.0 Å². The molecule has 1 aliphatic rings. The first-order valence-corrected chi connectivity index (χ1v) is 7.98. The molecule has 4 rings (SSSR count). The van der Waals surface area contributed by atoms with Crippen molar-refractivity contribution in [2.45, 2.75) is 18.2 Å². The summed E-state index contributed by atoms with van der Waals surface area (Å²) in [7, 11) is 0. The molecule has 1 fully saturated rings. The van der Waals surface area contributed by atoms with Crippen molar-refractivity contribution in [1.82, 2.24) is 0 Å². The summed E-state index contributed by atoms with van der Waals surface area (Å²) in [6.45, 7) is 0. The minimum Gasteiger partial charge on any atom is -0.467 e. The van der Waals surface area contributed by atoms with Crippen LogP contribution in [0.25, 0.3) is 0 Å². The molecular formula is C19H16N2O4. The monoisotopic (exact) mass is 336 g/mol. The van der Waals surface area contributed by atoms with Crippen LogP contribution in [0.2, 0.25) is 0 Å². The Labute approximate surface area is 144 Å². The highest BCUT2D eigenvalue weighted by Gasteiger charge is 2.54. The van der Waals surface area contributed by atoms with E-state index in [1.165, 1.54) is 6.26 Å². The third-order valence-corrected chi connectivity index (χ3v) is 4.33. The second kappa shape index (κ2) is 6.41. The Bertz CT molecular complexity index is 836. The molecule has 3 aromatic rings. The zero-order chi connectivity index (χ0) is 17.2. The van der Waals surface area contributed by atoms with Gasteiger partial charge >= 0.3 is 0 Å². The van der Waals surface area contributed by atoms with Crippen LogP contribution in [-0.4, -0.2) is 11.0 Å². The number of furan rings is 1. The average molecular weight is 336 g/mol. The largest absolute Gasteiger partial charge is 0.467 e. The number of nitro groups is 1. The fourth-order valence-corrected chi connectivity index (χ4v) is 3.22. The maximum Gasteiger partial charge on any atom is 0.275 e. The van der Waals surface area contributed by atoms with Crippen LogP contribution >= 0.6 is 0 Å². The fourth-order valence-electron chi connectivity index (χ4n) is 3.22. The lowest BCUT2D eigenvalue weighted by Crippen LogP contribution is -2.32. The smallest absolute Gasteiger partial charge is 0.275 e. The quantitative estimate of drug-likeness (QED) is 0.528. The first-order valence-electron chi connectivity index (χ1n) is 7.98. The van der Waals surface area contributed by atoms with Gasteiger partial charge in [0.1, 0.15) is 5.76 Å². The van der Waals surface area contributed by atoms with E-state index >= 15 is 0 Å². The second-order valence-corrected chi connectivity index (χ2v) is 5.83. The van der Waals surface area contributed by atoms with Crippen LogP contribution < -0.4 is 5.06 Å². The number of nitrogens with zero attached hydrogens (tertiary/aromatic N) is 2. The van der Waals surface area contributed by atoms with Gasteiger partial charge in [-0.1, -0.05) is 48.5 Å². The topological polar surface area (TPSA) is 68.8 Å². The van der Waals surface area contributed by atoms with Crippen LogP contribution in [0.15, 0.2) is 83.5 Å². The number of hydroxylamine groups is 1. The molecule has 0 spiro atoms. The molecule has 0 amide bonds. The summed E-state index contributed by atoms with van der Waals surface area (Å²) < 4.78 is 5.51. The SMILES string of the molecule is O=[N+]([O-])[C@@H]1[C@@H](c2ccco2)N(c2ccccc2)O[C@H]1c1ccccc1. The molecular weight excluding hydrogens is 320 g/mol. The molecule has 25 heavy (non-hydrogen) atoms. The van der Waals surface area contributed by atoms with E-state index in [9.17, 15) is 10.1 Å². The van der Waals surface area contributed by atoms with Crippen LogP contribution in [0.3, 0.4) is 0 Å². The normalized spacial score (nSPS) is 22.9. The molecule has 6 nitrogen and oxygen atoms in total. The zero-order valence-corrected chi connectivity index (χ0v) is 13.3. The lowest BCUT2D eigenvalue weighted by molar-refractivity contribution is -0.531. The van der Waals surface area contributed by atoms with Crippen LogP contribution in [0.4, 0.5) is 5.69 Å². The molecule has 6 heteroatoms. The fraction of sp³-hybridized carbons (Fsp3) is 0.158. The van der Waals surface area contributed by atoms with Gasteiger partial charge in [0, 0.05) is 4.92 Å². The standard InChI is InChI=1S/C19H16N2O4/c22-21(23)18-17(16-12-7-13-24-16)20(15-10-5-2-6-11-15)25-19(18)14-8-3-1-4-9-14/h1-13,17-19H/t17-,18-,19+/m1/s1. The van der Waals surface area contributed by atoms with Crippen molar-refractivity contribution in [2.24, 2.45) is 0 Å². The molecule has 1 aromatic heterocycles. The van der Waals surface area contributed by atoms with Gasteiger partial charge in [0.15, 0.2) is 12.1 Å². The van der Waals surface area contributed by atoms with Gasteiger partial charge in [0.2, 0.25) is 0 Å². The molecule has 2 heterocycles. The van der Waals surface area contributed by atoms with E-state index in [-0.39, 0.29) is 4.92 Å². The van der Waals surface area contributed by atoms with E-state index in [2.05, 4.69) is 0 Å². The van der Waals surface area contributed by atoms with Crippen molar-refractivity contribution in [3.05, 3.63) is 100 Å². The van der Waals surface area contributed by atoms with Crippen molar-refractivity contribution < 1.29 is 14.2 Å². The molecule has 0 unspecified atom stereocenters. The van der Waals surface area contributed by atoms with E-state index in [0.717, 1.165) is 11.3 Å². The van der Waals surface area contributed by atoms with Gasteiger partial charge in [-0.15, -0.1) is 0 Å². The van der Waals surface area contributed by atoms with Gasteiger partial charge in [-0.25, -0.2) is 5.06 Å². The van der Waals surface area contributed by atoms with E-state index in [0.29, 0.717) is 5.76 Å². The van der Waals surface area contributed by atoms with Gasteiger partial charge in [-0.3, -0.25) is 15.0 Å². The van der Waals surface area contributed by atoms with E-state index in [1.807, 2.05) is 60.7 Å². The minimum absolute atomic E-state index is 0.284. The second-order valence-electron chi connectivity index (χ2n) is 5.83. The van der Waals surface area contributed by atoms with Crippen LogP contribution in [0, 0.1) is 10.1 Å². The summed E-state index contributed by atoms with van der Waals surface area (Å²) in [5, 5.41) is 13.5. The number of hydrogen-bond donors (Lipinski definition) is 0. The summed E-state index contributed by atoms with van der Waals surface area (Å²) in [6, 6.07) is 20.4. The first kappa shape index (κ1) is 15.4. The Morgan fingerprint density at radius 2 is 1.60 bits per heavy atom. The molecule has 3 atom stereocenters. The third kappa shape index (κ3) is 2.77. The Balaban J connectivity index is 1.82. The highest BCUT2D eigenvalue weighted by atomic mass is 16.7. The predicted molar refractivity (Wildman–Crippen MR) is 91.4 cm³/mol. The molecule has 0 bridgehead atoms. The van der Waals surface area contributed by atoms with Crippen molar-refractivity contribution in [3.8, 4) is 0 Å². The molecule has 1 saturated heterocycles. The van der Waals surface area contributed by atoms with Gasteiger partial charge in [0.25, 0.3) is 6.04 Å². The van der Waals surface area contributed by atoms with Crippen molar-refractivity contribution in [1.29, 1.82) is 0 Å². The highest BCUT2D eigenvalue weighted by molar-refractivity contribution is 5.47. The lowest BCUT2D eigenvalue weighted by atomic mass is 9.96. The Kier molecular flexibility index (Phi) is 3.95. The molecule has 0 radical (unpaired) electrons. The maximum atomic E-state index is 11.9. The molecule has 126 valence electrons. The molecule has 2 aromatic carbocycles. The van der Waals surface area contributed by atoms with Crippen molar-refractivity contribution in [3.63, 3.8) is 0 Å². The number of hydrogen-bond acceptors (Lipinski definition) is 5. The Hall–Kier alpha value is -3.12. The summed E-state index contributed by atoms with van der Waals surface area (Å²) >= 11 is 0. The summed E-state index contributed by atoms with van der Waals surface area (Å²) in [5.41, 5.74) is 1.51. The third-order valence-electron chi connectivity index (χ3n) is 4.33. The van der Waals surface area contributed by atoms with E-state index in [1.54, 1.807) is 17.2 Å². The van der Waals surface area contributed by atoms with Gasteiger partial charge < -0.3 is 4.42 Å². The zero-order valence-electron chi connectivity index (χ0n) is 13.3. The number of benzene rings is 2. The first-order chi connectivity index (χ1) is 12.3. The maximum absolute atomic E-state index is 11.9. The summed E-state index contributed by atoms with van der Waals surface area (Å²) in [6.07, 6.45) is 0.817. The summed E-state index contributed by atoms with van der Waals surface area (Å²) in [5.74, 6) is 0.504. The molecule has 0 aliphatic carbocycles. The average Bonchev–Trinajstić information content (AvgIpc) is 3.30.